The molecule has 0 N–H and O–H groups in total. The smallest absolute Gasteiger partial charge is 0.279 e. The molecule has 0 bridgehead atoms. The molecule has 0 unspecified atom stereocenters. The Morgan fingerprint density at radius 2 is 1.07 bits per heavy atom. The normalized spacial score (nSPS) is 11.7. The first-order chi connectivity index (χ1) is 6.07. The van der Waals surface area contributed by atoms with Gasteiger partial charge in [0.05, 0.1) is 0 Å². The van der Waals surface area contributed by atoms with Crippen LogP contribution in [0.25, 0.3) is 0 Å². The number of unbranched alkanes of at least 4 members (excludes halogenated alkanes) is 1. The van der Waals surface area contributed by atoms with E-state index >= 15 is 0 Å². The van der Waals surface area contributed by atoms with Crippen LogP contribution < -0.4 is 0 Å². The molecule has 86 valence electrons. The molecule has 0 aliphatic heterocycles. The standard InChI is InChI=1S/C4H10.C3F6O/c1-3-4-2;4-2(5,6)1(10)3(7,8)9/h3-4H2,1-2H3;. The molecule has 14 heavy (non-hydrogen) atoms. The molecule has 0 aromatic rings. The van der Waals surface area contributed by atoms with E-state index < -0.39 is 18.1 Å². The molecule has 7 heteroatoms. The average molecular weight is 224 g/mol. The van der Waals surface area contributed by atoms with E-state index in [0.717, 1.165) is 0 Å². The molecule has 0 aromatic carbocycles. The molecular formula is C7H10F6O. The van der Waals surface area contributed by atoms with E-state index in [1.165, 1.54) is 12.8 Å². The minimum absolute atomic E-state index is 1.32. The molecule has 1 nitrogen and oxygen atoms in total. The van der Waals surface area contributed by atoms with Gasteiger partial charge in [-0.2, -0.15) is 26.3 Å². The van der Waals surface area contributed by atoms with Gasteiger partial charge in [-0.05, 0) is 0 Å². The SMILES string of the molecule is CCCC.O=C(C(F)(F)F)C(F)(F)F. The zero-order valence-electron chi connectivity index (χ0n) is 7.59. The maximum absolute atomic E-state index is 10.9. The van der Waals surface area contributed by atoms with Crippen LogP contribution in [0.15, 0.2) is 0 Å². The predicted molar refractivity (Wildman–Crippen MR) is 37.7 cm³/mol. The van der Waals surface area contributed by atoms with Crippen LogP contribution in [0.1, 0.15) is 26.7 Å². The number of hydrogen-bond acceptors (Lipinski definition) is 1. The molecule has 0 aromatic heterocycles. The third-order valence-corrected chi connectivity index (χ3v) is 1.01. The second-order valence-corrected chi connectivity index (χ2v) is 2.32. The maximum Gasteiger partial charge on any atom is 0.459 e. The molecule has 0 radical (unpaired) electrons. The summed E-state index contributed by atoms with van der Waals surface area (Å²) in [4.78, 5) is 9.24. The van der Waals surface area contributed by atoms with Crippen molar-refractivity contribution in [1.82, 2.24) is 0 Å². The van der Waals surface area contributed by atoms with Crippen LogP contribution in [0.2, 0.25) is 0 Å². The molecule has 0 saturated heterocycles. The first kappa shape index (κ1) is 15.7. The van der Waals surface area contributed by atoms with Gasteiger partial charge in [0.25, 0.3) is 0 Å². The number of ketones is 1. The summed E-state index contributed by atoms with van der Waals surface area (Å²) >= 11 is 0. The lowest BCUT2D eigenvalue weighted by Gasteiger charge is -2.06. The molecular weight excluding hydrogens is 214 g/mol. The Kier molecular flexibility index (Phi) is 6.59. The highest BCUT2D eigenvalue weighted by atomic mass is 19.4. The van der Waals surface area contributed by atoms with E-state index in [0.29, 0.717) is 0 Å². The molecule has 0 saturated carbocycles. The second kappa shape index (κ2) is 5.87. The third kappa shape index (κ3) is 7.88. The number of rotatable bonds is 1. The summed E-state index contributed by atoms with van der Waals surface area (Å²) in [5.74, 6) is -3.68. The van der Waals surface area contributed by atoms with E-state index in [1.807, 2.05) is 0 Å². The van der Waals surface area contributed by atoms with Crippen molar-refractivity contribution in [2.45, 2.75) is 39.0 Å². The fourth-order valence-electron chi connectivity index (χ4n) is 0.161. The number of alkyl halides is 6. The van der Waals surface area contributed by atoms with Gasteiger partial charge >= 0.3 is 18.1 Å². The van der Waals surface area contributed by atoms with E-state index in [4.69, 9.17) is 0 Å². The number of hydrogen-bond donors (Lipinski definition) is 0. The van der Waals surface area contributed by atoms with Gasteiger partial charge in [-0.25, -0.2) is 0 Å². The predicted octanol–water partition coefficient (Wildman–Crippen LogP) is 3.49. The summed E-state index contributed by atoms with van der Waals surface area (Å²) in [7, 11) is 0. The van der Waals surface area contributed by atoms with Gasteiger partial charge in [0.2, 0.25) is 0 Å². The van der Waals surface area contributed by atoms with Crippen molar-refractivity contribution in [3.05, 3.63) is 0 Å². The summed E-state index contributed by atoms with van der Waals surface area (Å²) in [6.07, 6.45) is -9.00. The molecule has 0 rings (SSSR count). The van der Waals surface area contributed by atoms with Gasteiger partial charge in [-0.1, -0.05) is 26.7 Å². The van der Waals surface area contributed by atoms with Gasteiger partial charge in [0.15, 0.2) is 0 Å². The fraction of sp³-hybridized carbons (Fsp3) is 0.857. The summed E-state index contributed by atoms with van der Waals surface area (Å²) in [5, 5.41) is 0. The molecule has 0 amide bonds. The monoisotopic (exact) mass is 224 g/mol. The Morgan fingerprint density at radius 1 is 0.857 bits per heavy atom. The van der Waals surface area contributed by atoms with Crippen molar-refractivity contribution >= 4 is 5.78 Å². The molecule has 0 heterocycles. The molecule has 0 aliphatic rings. The topological polar surface area (TPSA) is 17.1 Å². The molecule has 0 spiro atoms. The highest BCUT2D eigenvalue weighted by Gasteiger charge is 2.55. The van der Waals surface area contributed by atoms with Crippen molar-refractivity contribution in [2.24, 2.45) is 0 Å². The van der Waals surface area contributed by atoms with Gasteiger partial charge in [-0.15, -0.1) is 0 Å². The van der Waals surface area contributed by atoms with Crippen LogP contribution in [0.4, 0.5) is 26.3 Å². The lowest BCUT2D eigenvalue weighted by molar-refractivity contribution is -0.217. The van der Waals surface area contributed by atoms with Gasteiger partial charge < -0.3 is 0 Å². The van der Waals surface area contributed by atoms with Gasteiger partial charge in [0.1, 0.15) is 0 Å². The number of carbonyl (C=O) groups excluding carboxylic acids is 1. The molecule has 0 atom stereocenters. The number of carbonyl (C=O) groups is 1. The van der Waals surface area contributed by atoms with Crippen LogP contribution in [0.3, 0.4) is 0 Å². The Hall–Kier alpha value is -0.750. The van der Waals surface area contributed by atoms with Crippen LogP contribution in [0.5, 0.6) is 0 Å². The van der Waals surface area contributed by atoms with Crippen molar-refractivity contribution in [3.8, 4) is 0 Å². The zero-order chi connectivity index (χ0) is 12.0. The Balaban J connectivity index is 0. The first-order valence-electron chi connectivity index (χ1n) is 3.75. The lowest BCUT2D eigenvalue weighted by Crippen LogP contribution is -2.36. The largest absolute Gasteiger partial charge is 0.459 e. The maximum atomic E-state index is 10.9. The van der Waals surface area contributed by atoms with Crippen molar-refractivity contribution in [1.29, 1.82) is 0 Å². The Labute approximate surface area is 77.1 Å². The summed E-state index contributed by atoms with van der Waals surface area (Å²) in [6.45, 7) is 4.36. The molecule has 0 aliphatic carbocycles. The quantitative estimate of drug-likeness (QED) is 0.623. The summed E-state index contributed by atoms with van der Waals surface area (Å²) in [6, 6.07) is 0. The van der Waals surface area contributed by atoms with E-state index in [9.17, 15) is 31.1 Å². The van der Waals surface area contributed by atoms with Crippen molar-refractivity contribution in [2.75, 3.05) is 0 Å². The minimum atomic E-state index is -5.82. The fourth-order valence-corrected chi connectivity index (χ4v) is 0.161. The van der Waals surface area contributed by atoms with Crippen LogP contribution in [-0.2, 0) is 4.79 Å². The number of halogens is 6. The van der Waals surface area contributed by atoms with Crippen molar-refractivity contribution < 1.29 is 31.1 Å². The molecule has 0 fully saturated rings. The highest BCUT2D eigenvalue weighted by Crippen LogP contribution is 2.28. The van der Waals surface area contributed by atoms with Crippen LogP contribution >= 0.6 is 0 Å². The van der Waals surface area contributed by atoms with E-state index in [1.54, 1.807) is 0 Å². The average Bonchev–Trinajstić information content (AvgIpc) is 2.00. The summed E-state index contributed by atoms with van der Waals surface area (Å²) in [5.41, 5.74) is 0. The third-order valence-electron chi connectivity index (χ3n) is 1.01. The second-order valence-electron chi connectivity index (χ2n) is 2.32. The zero-order valence-corrected chi connectivity index (χ0v) is 7.59. The minimum Gasteiger partial charge on any atom is -0.279 e. The van der Waals surface area contributed by atoms with Gasteiger partial charge in [-0.3, -0.25) is 4.79 Å². The van der Waals surface area contributed by atoms with Crippen LogP contribution in [0, 0.1) is 0 Å². The number of Topliss-reactive ketones (excluding diaryl/α,β-unsaturated/α-hetero) is 1. The summed E-state index contributed by atoms with van der Waals surface area (Å²) < 4.78 is 65.3. The van der Waals surface area contributed by atoms with Crippen molar-refractivity contribution in [3.63, 3.8) is 0 Å². The van der Waals surface area contributed by atoms with E-state index in [2.05, 4.69) is 13.8 Å². The Bertz CT molecular complexity index is 150. The van der Waals surface area contributed by atoms with Gasteiger partial charge in [0, 0.05) is 0 Å². The first-order valence-corrected chi connectivity index (χ1v) is 3.75. The van der Waals surface area contributed by atoms with Crippen LogP contribution in [-0.4, -0.2) is 18.1 Å². The Morgan fingerprint density at radius 3 is 1.07 bits per heavy atom. The lowest BCUT2D eigenvalue weighted by atomic mass is 10.4. The highest BCUT2D eigenvalue weighted by molar-refractivity contribution is 5.89. The van der Waals surface area contributed by atoms with E-state index in [-0.39, 0.29) is 0 Å².